The molecule has 4 nitrogen and oxygen atoms in total. The van der Waals surface area contributed by atoms with Crippen molar-refractivity contribution in [3.63, 3.8) is 0 Å². The number of pyridine rings is 1. The number of aromatic amines is 1. The number of aromatic nitrogens is 3. The third-order valence-corrected chi connectivity index (χ3v) is 2.75. The van der Waals surface area contributed by atoms with Crippen LogP contribution < -0.4 is 5.56 Å². The van der Waals surface area contributed by atoms with Crippen LogP contribution in [0, 0.1) is 0 Å². The van der Waals surface area contributed by atoms with Crippen molar-refractivity contribution < 1.29 is 0 Å². The first-order chi connectivity index (χ1) is 8.25. The Hall–Kier alpha value is -2.07. The molecule has 5 heteroatoms. The molecule has 3 rings (SSSR count). The van der Waals surface area contributed by atoms with Crippen molar-refractivity contribution >= 4 is 22.5 Å². The smallest absolute Gasteiger partial charge is 0.260 e. The molecule has 1 aromatic carbocycles. The molecule has 0 aliphatic carbocycles. The largest absolute Gasteiger partial charge is 0.312 e. The quantitative estimate of drug-likeness (QED) is 0.669. The monoisotopic (exact) mass is 245 g/mol. The molecule has 3 aromatic rings. The van der Waals surface area contributed by atoms with Gasteiger partial charge in [-0.3, -0.25) is 4.79 Å². The highest BCUT2D eigenvalue weighted by molar-refractivity contribution is 6.30. The summed E-state index contributed by atoms with van der Waals surface area (Å²) in [6.45, 7) is 0. The van der Waals surface area contributed by atoms with E-state index in [0.29, 0.717) is 16.1 Å². The first-order valence-corrected chi connectivity index (χ1v) is 5.45. The predicted octanol–water partition coefficient (Wildman–Crippen LogP) is 2.37. The lowest BCUT2D eigenvalue weighted by atomic mass is 10.3. The van der Waals surface area contributed by atoms with Crippen LogP contribution in [0.25, 0.3) is 16.6 Å². The molecule has 0 unspecified atom stereocenters. The number of fused-ring (bicyclic) bond motifs is 1. The van der Waals surface area contributed by atoms with Crippen LogP contribution in [0.3, 0.4) is 0 Å². The number of benzene rings is 1. The van der Waals surface area contributed by atoms with Crippen LogP contribution in [-0.4, -0.2) is 14.8 Å². The van der Waals surface area contributed by atoms with Gasteiger partial charge in [0, 0.05) is 6.07 Å². The maximum atomic E-state index is 11.7. The minimum Gasteiger partial charge on any atom is -0.312 e. The zero-order valence-corrected chi connectivity index (χ0v) is 9.48. The van der Waals surface area contributed by atoms with Gasteiger partial charge in [-0.25, -0.2) is 4.68 Å². The second-order valence-electron chi connectivity index (χ2n) is 3.64. The van der Waals surface area contributed by atoms with Crippen molar-refractivity contribution in [1.82, 2.24) is 14.8 Å². The van der Waals surface area contributed by atoms with Crippen molar-refractivity contribution in [3.05, 3.63) is 58.1 Å². The number of hydrogen-bond donors (Lipinski definition) is 1. The van der Waals surface area contributed by atoms with Crippen LogP contribution in [0.4, 0.5) is 0 Å². The molecular weight excluding hydrogens is 238 g/mol. The highest BCUT2D eigenvalue weighted by Gasteiger charge is 2.08. The van der Waals surface area contributed by atoms with E-state index in [-0.39, 0.29) is 5.56 Å². The molecule has 0 radical (unpaired) electrons. The molecule has 0 saturated heterocycles. The van der Waals surface area contributed by atoms with E-state index in [0.717, 1.165) is 5.69 Å². The van der Waals surface area contributed by atoms with E-state index in [9.17, 15) is 4.79 Å². The Labute approximate surface area is 101 Å². The van der Waals surface area contributed by atoms with E-state index in [2.05, 4.69) is 10.1 Å². The zero-order valence-electron chi connectivity index (χ0n) is 8.72. The molecule has 0 saturated carbocycles. The topological polar surface area (TPSA) is 50.7 Å². The average molecular weight is 246 g/mol. The Bertz CT molecular complexity index is 730. The lowest BCUT2D eigenvalue weighted by Crippen LogP contribution is -2.05. The molecule has 1 N–H and O–H groups in total. The molecule has 0 aliphatic heterocycles. The van der Waals surface area contributed by atoms with Gasteiger partial charge in [0.1, 0.15) is 5.15 Å². The molecule has 0 aliphatic rings. The van der Waals surface area contributed by atoms with Gasteiger partial charge >= 0.3 is 0 Å². The van der Waals surface area contributed by atoms with E-state index in [1.165, 1.54) is 6.20 Å². The fourth-order valence-corrected chi connectivity index (χ4v) is 1.97. The van der Waals surface area contributed by atoms with E-state index >= 15 is 0 Å². The van der Waals surface area contributed by atoms with Crippen LogP contribution in [0.2, 0.25) is 5.15 Å². The van der Waals surface area contributed by atoms with E-state index < -0.39 is 0 Å². The molecule has 0 amide bonds. The summed E-state index contributed by atoms with van der Waals surface area (Å²) in [7, 11) is 0. The van der Waals surface area contributed by atoms with E-state index in [1.54, 1.807) is 10.7 Å². The Morgan fingerprint density at radius 3 is 2.76 bits per heavy atom. The predicted molar refractivity (Wildman–Crippen MR) is 66.7 cm³/mol. The van der Waals surface area contributed by atoms with Gasteiger partial charge in [0.2, 0.25) is 0 Å². The van der Waals surface area contributed by atoms with Crippen LogP contribution >= 0.6 is 11.6 Å². The Balaban J connectivity index is 2.36. The van der Waals surface area contributed by atoms with Gasteiger partial charge in [-0.15, -0.1) is 0 Å². The molecule has 17 heavy (non-hydrogen) atoms. The molecule has 2 heterocycles. The summed E-state index contributed by atoms with van der Waals surface area (Å²) in [6, 6.07) is 11.3. The molecule has 0 fully saturated rings. The molecular formula is C12H8ClN3O. The summed E-state index contributed by atoms with van der Waals surface area (Å²) in [6.07, 6.45) is 1.54. The third-order valence-electron chi connectivity index (χ3n) is 2.55. The van der Waals surface area contributed by atoms with Crippen molar-refractivity contribution in [3.8, 4) is 5.69 Å². The normalized spacial score (nSPS) is 10.9. The number of para-hydroxylation sites is 1. The van der Waals surface area contributed by atoms with Gasteiger partial charge in [-0.2, -0.15) is 5.10 Å². The van der Waals surface area contributed by atoms with Crippen LogP contribution in [0.1, 0.15) is 0 Å². The number of nitrogens with zero attached hydrogens (tertiary/aromatic N) is 2. The summed E-state index contributed by atoms with van der Waals surface area (Å²) in [5.74, 6) is 0. The highest BCUT2D eigenvalue weighted by atomic mass is 35.5. The summed E-state index contributed by atoms with van der Waals surface area (Å²) >= 11 is 5.84. The second-order valence-corrected chi connectivity index (χ2v) is 4.04. The Morgan fingerprint density at radius 2 is 2.00 bits per heavy atom. The maximum absolute atomic E-state index is 11.7. The van der Waals surface area contributed by atoms with E-state index in [4.69, 9.17) is 11.6 Å². The number of rotatable bonds is 1. The fraction of sp³-hybridized carbons (Fsp3) is 0. The molecule has 0 bridgehead atoms. The SMILES string of the molecule is O=c1[nH]c(Cl)cc2c1cnn2-c1ccccc1. The van der Waals surface area contributed by atoms with Gasteiger partial charge in [0.05, 0.1) is 22.8 Å². The zero-order chi connectivity index (χ0) is 11.8. The Morgan fingerprint density at radius 1 is 1.24 bits per heavy atom. The minimum absolute atomic E-state index is 0.227. The third kappa shape index (κ3) is 1.62. The number of nitrogens with one attached hydrogen (secondary N) is 1. The first kappa shape index (κ1) is 10.1. The molecule has 0 atom stereocenters. The number of halogens is 1. The van der Waals surface area contributed by atoms with Crippen molar-refractivity contribution in [2.75, 3.05) is 0 Å². The number of H-pyrrole nitrogens is 1. The first-order valence-electron chi connectivity index (χ1n) is 5.08. The fourth-order valence-electron chi connectivity index (χ4n) is 1.78. The summed E-state index contributed by atoms with van der Waals surface area (Å²) in [5, 5.41) is 5.04. The summed E-state index contributed by atoms with van der Waals surface area (Å²) in [4.78, 5) is 14.2. The van der Waals surface area contributed by atoms with E-state index in [1.807, 2.05) is 30.3 Å². The lowest BCUT2D eigenvalue weighted by molar-refractivity contribution is 0.910. The molecule has 2 aromatic heterocycles. The van der Waals surface area contributed by atoms with Crippen LogP contribution in [-0.2, 0) is 0 Å². The van der Waals surface area contributed by atoms with Crippen LogP contribution in [0.5, 0.6) is 0 Å². The van der Waals surface area contributed by atoms with Gasteiger partial charge in [0.25, 0.3) is 5.56 Å². The van der Waals surface area contributed by atoms with Gasteiger partial charge in [0.15, 0.2) is 0 Å². The summed E-state index contributed by atoms with van der Waals surface area (Å²) in [5.41, 5.74) is 1.36. The maximum Gasteiger partial charge on any atom is 0.260 e. The Kier molecular flexibility index (Phi) is 2.23. The molecule has 84 valence electrons. The summed E-state index contributed by atoms with van der Waals surface area (Å²) < 4.78 is 1.69. The lowest BCUT2D eigenvalue weighted by Gasteiger charge is -2.02. The van der Waals surface area contributed by atoms with Gasteiger partial charge in [-0.1, -0.05) is 29.8 Å². The standard InChI is InChI=1S/C12H8ClN3O/c13-11-6-10-9(12(17)15-11)7-14-16(10)8-4-2-1-3-5-8/h1-7H,(H,15,17). The second kappa shape index (κ2) is 3.75. The highest BCUT2D eigenvalue weighted by Crippen LogP contribution is 2.17. The average Bonchev–Trinajstić information content (AvgIpc) is 2.74. The van der Waals surface area contributed by atoms with Gasteiger partial charge in [-0.05, 0) is 12.1 Å². The minimum atomic E-state index is -0.227. The van der Waals surface area contributed by atoms with Crippen LogP contribution in [0.15, 0.2) is 47.4 Å². The van der Waals surface area contributed by atoms with Crippen molar-refractivity contribution in [2.45, 2.75) is 0 Å². The number of hydrogen-bond acceptors (Lipinski definition) is 2. The van der Waals surface area contributed by atoms with Crippen molar-refractivity contribution in [2.24, 2.45) is 0 Å². The van der Waals surface area contributed by atoms with Crippen molar-refractivity contribution in [1.29, 1.82) is 0 Å². The molecule has 0 spiro atoms. The van der Waals surface area contributed by atoms with Gasteiger partial charge < -0.3 is 4.98 Å².